The zero-order valence-corrected chi connectivity index (χ0v) is 12.2. The number of aryl methyl sites for hydroxylation is 1. The van der Waals surface area contributed by atoms with Gasteiger partial charge in [-0.1, -0.05) is 39.0 Å². The minimum absolute atomic E-state index is 0.549. The largest absolute Gasteiger partial charge is 0.381 e. The molecule has 0 bridgehead atoms. The molecule has 0 saturated heterocycles. The Hall–Kier alpha value is -1.70. The number of anilines is 1. The summed E-state index contributed by atoms with van der Waals surface area (Å²) < 4.78 is 2.26. The molecule has 1 heterocycles. The van der Waals surface area contributed by atoms with Gasteiger partial charge in [0.15, 0.2) is 0 Å². The summed E-state index contributed by atoms with van der Waals surface area (Å²) in [6.45, 7) is 8.66. The normalized spacial score (nSPS) is 10.9. The summed E-state index contributed by atoms with van der Waals surface area (Å²) >= 11 is 0. The molecule has 0 unspecified atom stereocenters. The van der Waals surface area contributed by atoms with Crippen molar-refractivity contribution in [1.29, 1.82) is 0 Å². The number of benzene rings is 1. The SMILES string of the molecule is CCCn1ccc(CNc2ccccc2C(C)C)c1. The molecule has 2 aromatic rings. The van der Waals surface area contributed by atoms with Gasteiger partial charge in [-0.25, -0.2) is 0 Å². The minimum atomic E-state index is 0.549. The fraction of sp³-hybridized carbons (Fsp3) is 0.412. The van der Waals surface area contributed by atoms with Crippen molar-refractivity contribution < 1.29 is 0 Å². The van der Waals surface area contributed by atoms with Crippen LogP contribution >= 0.6 is 0 Å². The molecule has 0 aliphatic heterocycles. The molecule has 102 valence electrons. The van der Waals surface area contributed by atoms with Crippen LogP contribution < -0.4 is 5.32 Å². The van der Waals surface area contributed by atoms with Crippen LogP contribution in [0, 0.1) is 0 Å². The van der Waals surface area contributed by atoms with Gasteiger partial charge in [0.1, 0.15) is 0 Å². The van der Waals surface area contributed by atoms with Crippen LogP contribution in [0.4, 0.5) is 5.69 Å². The lowest BCUT2D eigenvalue weighted by Crippen LogP contribution is -2.02. The van der Waals surface area contributed by atoms with Gasteiger partial charge in [0.25, 0.3) is 0 Å². The fourth-order valence-corrected chi connectivity index (χ4v) is 2.35. The van der Waals surface area contributed by atoms with E-state index in [1.165, 1.54) is 23.2 Å². The zero-order valence-electron chi connectivity index (χ0n) is 12.2. The van der Waals surface area contributed by atoms with Crippen LogP contribution in [-0.2, 0) is 13.1 Å². The van der Waals surface area contributed by atoms with E-state index < -0.39 is 0 Å². The Kier molecular flexibility index (Phi) is 4.67. The first-order valence-corrected chi connectivity index (χ1v) is 7.18. The van der Waals surface area contributed by atoms with Gasteiger partial charge in [-0.05, 0) is 35.6 Å². The molecule has 0 amide bonds. The Morgan fingerprint density at radius 3 is 2.68 bits per heavy atom. The summed E-state index contributed by atoms with van der Waals surface area (Å²) in [4.78, 5) is 0. The van der Waals surface area contributed by atoms with Crippen molar-refractivity contribution in [3.05, 3.63) is 53.9 Å². The molecule has 0 aliphatic rings. The third-order valence-electron chi connectivity index (χ3n) is 3.36. The fourth-order valence-electron chi connectivity index (χ4n) is 2.35. The number of para-hydroxylation sites is 1. The lowest BCUT2D eigenvalue weighted by molar-refractivity contribution is 0.681. The summed E-state index contributed by atoms with van der Waals surface area (Å²) in [5.41, 5.74) is 3.98. The summed E-state index contributed by atoms with van der Waals surface area (Å²) in [5, 5.41) is 3.55. The standard InChI is InChI=1S/C17H24N2/c1-4-10-19-11-9-15(13-19)12-18-17-8-6-5-7-16(17)14(2)3/h5-9,11,13-14,18H,4,10,12H2,1-3H3. The number of rotatable bonds is 6. The first kappa shape index (κ1) is 13.7. The predicted octanol–water partition coefficient (Wildman–Crippen LogP) is 4.63. The van der Waals surface area contributed by atoms with Crippen molar-refractivity contribution in [2.75, 3.05) is 5.32 Å². The highest BCUT2D eigenvalue weighted by atomic mass is 14.9. The van der Waals surface area contributed by atoms with Gasteiger partial charge in [0, 0.05) is 31.2 Å². The molecule has 1 aromatic carbocycles. The van der Waals surface area contributed by atoms with Crippen molar-refractivity contribution in [1.82, 2.24) is 4.57 Å². The molecule has 0 atom stereocenters. The van der Waals surface area contributed by atoms with E-state index >= 15 is 0 Å². The van der Waals surface area contributed by atoms with Crippen LogP contribution in [0.2, 0.25) is 0 Å². The summed E-state index contributed by atoms with van der Waals surface area (Å²) in [6.07, 6.45) is 5.57. The van der Waals surface area contributed by atoms with Crippen LogP contribution in [0.25, 0.3) is 0 Å². The molecule has 0 saturated carbocycles. The second-order valence-electron chi connectivity index (χ2n) is 5.35. The molecule has 0 aliphatic carbocycles. The topological polar surface area (TPSA) is 17.0 Å². The molecular formula is C17H24N2. The van der Waals surface area contributed by atoms with Gasteiger partial charge in [0.05, 0.1) is 0 Å². The van der Waals surface area contributed by atoms with Crippen molar-refractivity contribution in [3.63, 3.8) is 0 Å². The van der Waals surface area contributed by atoms with E-state index in [9.17, 15) is 0 Å². The molecule has 2 nitrogen and oxygen atoms in total. The average Bonchev–Trinajstić information content (AvgIpc) is 2.85. The Balaban J connectivity index is 2.01. The minimum Gasteiger partial charge on any atom is -0.381 e. The van der Waals surface area contributed by atoms with Crippen molar-refractivity contribution in [2.45, 2.75) is 46.2 Å². The van der Waals surface area contributed by atoms with E-state index in [4.69, 9.17) is 0 Å². The summed E-state index contributed by atoms with van der Waals surface area (Å²) in [6, 6.07) is 10.8. The molecule has 0 fully saturated rings. The van der Waals surface area contributed by atoms with Gasteiger partial charge in [-0.2, -0.15) is 0 Å². The average molecular weight is 256 g/mol. The van der Waals surface area contributed by atoms with Gasteiger partial charge in [-0.15, -0.1) is 0 Å². The molecule has 0 spiro atoms. The Morgan fingerprint density at radius 1 is 1.16 bits per heavy atom. The maximum Gasteiger partial charge on any atom is 0.0415 e. The number of hydrogen-bond acceptors (Lipinski definition) is 1. The number of nitrogens with zero attached hydrogens (tertiary/aromatic N) is 1. The first-order chi connectivity index (χ1) is 9.20. The summed E-state index contributed by atoms with van der Waals surface area (Å²) in [5.74, 6) is 0.549. The van der Waals surface area contributed by atoms with Crippen molar-refractivity contribution in [3.8, 4) is 0 Å². The molecule has 19 heavy (non-hydrogen) atoms. The van der Waals surface area contributed by atoms with Gasteiger partial charge >= 0.3 is 0 Å². The van der Waals surface area contributed by atoms with Crippen LogP contribution in [0.3, 0.4) is 0 Å². The number of aromatic nitrogens is 1. The van der Waals surface area contributed by atoms with Crippen LogP contribution in [0.15, 0.2) is 42.7 Å². The first-order valence-electron chi connectivity index (χ1n) is 7.18. The van der Waals surface area contributed by atoms with Crippen LogP contribution in [0.5, 0.6) is 0 Å². The van der Waals surface area contributed by atoms with E-state index in [-0.39, 0.29) is 0 Å². The summed E-state index contributed by atoms with van der Waals surface area (Å²) in [7, 11) is 0. The quantitative estimate of drug-likeness (QED) is 0.797. The lowest BCUT2D eigenvalue weighted by Gasteiger charge is -2.14. The molecule has 2 heteroatoms. The molecular weight excluding hydrogens is 232 g/mol. The Morgan fingerprint density at radius 2 is 1.95 bits per heavy atom. The van der Waals surface area contributed by atoms with Crippen LogP contribution in [0.1, 0.15) is 44.2 Å². The third-order valence-corrected chi connectivity index (χ3v) is 3.36. The van der Waals surface area contributed by atoms with Crippen LogP contribution in [-0.4, -0.2) is 4.57 Å². The molecule has 1 aromatic heterocycles. The second-order valence-corrected chi connectivity index (χ2v) is 5.35. The monoisotopic (exact) mass is 256 g/mol. The van der Waals surface area contributed by atoms with E-state index in [1.54, 1.807) is 0 Å². The smallest absolute Gasteiger partial charge is 0.0415 e. The highest BCUT2D eigenvalue weighted by Gasteiger charge is 2.05. The predicted molar refractivity (Wildman–Crippen MR) is 82.6 cm³/mol. The zero-order chi connectivity index (χ0) is 13.7. The second kappa shape index (κ2) is 6.46. The Bertz CT molecular complexity index is 511. The van der Waals surface area contributed by atoms with E-state index in [1.807, 2.05) is 0 Å². The number of hydrogen-bond donors (Lipinski definition) is 1. The Labute approximate surface area is 116 Å². The number of nitrogens with one attached hydrogen (secondary N) is 1. The maximum atomic E-state index is 3.55. The van der Waals surface area contributed by atoms with E-state index in [2.05, 4.69) is 73.4 Å². The highest BCUT2D eigenvalue weighted by Crippen LogP contribution is 2.24. The molecule has 2 rings (SSSR count). The molecule has 1 N–H and O–H groups in total. The molecule has 0 radical (unpaired) electrons. The maximum absolute atomic E-state index is 3.55. The van der Waals surface area contributed by atoms with Crippen molar-refractivity contribution >= 4 is 5.69 Å². The van der Waals surface area contributed by atoms with Gasteiger partial charge in [-0.3, -0.25) is 0 Å². The van der Waals surface area contributed by atoms with E-state index in [0.29, 0.717) is 5.92 Å². The van der Waals surface area contributed by atoms with Gasteiger partial charge in [0.2, 0.25) is 0 Å². The highest BCUT2D eigenvalue weighted by molar-refractivity contribution is 5.52. The van der Waals surface area contributed by atoms with Crippen molar-refractivity contribution in [2.24, 2.45) is 0 Å². The van der Waals surface area contributed by atoms with Gasteiger partial charge < -0.3 is 9.88 Å². The van der Waals surface area contributed by atoms with E-state index in [0.717, 1.165) is 13.1 Å². The lowest BCUT2D eigenvalue weighted by atomic mass is 10.0. The third kappa shape index (κ3) is 3.63.